The van der Waals surface area contributed by atoms with E-state index in [2.05, 4.69) is 31.2 Å². The summed E-state index contributed by atoms with van der Waals surface area (Å²) in [5.74, 6) is 0.865. The standard InChI is InChI=1S/C13H18/c1-11-4-2-3-5-12-6-8-13(10-11)9-7-12/h6-9,11H,2-5,10H2,1H3. The molecule has 1 unspecified atom stereocenters. The third-order valence-electron chi connectivity index (χ3n) is 3.02. The summed E-state index contributed by atoms with van der Waals surface area (Å²) in [5, 5.41) is 0. The minimum atomic E-state index is 0.865. The molecule has 3 rings (SSSR count). The van der Waals surface area contributed by atoms with Gasteiger partial charge in [-0.3, -0.25) is 0 Å². The van der Waals surface area contributed by atoms with Crippen molar-refractivity contribution in [1.82, 2.24) is 0 Å². The van der Waals surface area contributed by atoms with Gasteiger partial charge in [0, 0.05) is 0 Å². The first-order valence-corrected chi connectivity index (χ1v) is 5.42. The highest BCUT2D eigenvalue weighted by molar-refractivity contribution is 5.23. The van der Waals surface area contributed by atoms with Crippen LogP contribution in [0.3, 0.4) is 0 Å². The van der Waals surface area contributed by atoms with E-state index in [1.54, 1.807) is 0 Å². The molecule has 70 valence electrons. The molecule has 2 bridgehead atoms. The van der Waals surface area contributed by atoms with Crippen molar-refractivity contribution in [3.05, 3.63) is 35.4 Å². The van der Waals surface area contributed by atoms with Crippen LogP contribution in [-0.2, 0) is 12.8 Å². The van der Waals surface area contributed by atoms with Gasteiger partial charge in [0.15, 0.2) is 0 Å². The number of benzene rings is 1. The maximum absolute atomic E-state index is 2.37. The summed E-state index contributed by atoms with van der Waals surface area (Å²) in [6, 6.07) is 9.20. The Morgan fingerprint density at radius 3 is 2.46 bits per heavy atom. The van der Waals surface area contributed by atoms with Crippen molar-refractivity contribution in [1.29, 1.82) is 0 Å². The van der Waals surface area contributed by atoms with E-state index in [4.69, 9.17) is 0 Å². The largest absolute Gasteiger partial charge is 0.0622 e. The molecule has 0 radical (unpaired) electrons. The number of hydrogen-bond donors (Lipinski definition) is 0. The van der Waals surface area contributed by atoms with Crippen LogP contribution in [0.1, 0.15) is 37.3 Å². The first-order valence-electron chi connectivity index (χ1n) is 5.42. The Balaban J connectivity index is 2.20. The van der Waals surface area contributed by atoms with Crippen LogP contribution in [0, 0.1) is 5.92 Å². The molecule has 1 aromatic carbocycles. The predicted octanol–water partition coefficient (Wildman–Crippen LogP) is 3.59. The fourth-order valence-electron chi connectivity index (χ4n) is 2.17. The molecule has 13 heavy (non-hydrogen) atoms. The van der Waals surface area contributed by atoms with Crippen LogP contribution in [0.25, 0.3) is 0 Å². The fraction of sp³-hybridized carbons (Fsp3) is 0.538. The predicted molar refractivity (Wildman–Crippen MR) is 56.9 cm³/mol. The second-order valence-corrected chi connectivity index (χ2v) is 4.37. The zero-order valence-corrected chi connectivity index (χ0v) is 8.42. The second kappa shape index (κ2) is 3.95. The van der Waals surface area contributed by atoms with Gasteiger partial charge in [-0.2, -0.15) is 0 Å². The van der Waals surface area contributed by atoms with Gasteiger partial charge in [0.1, 0.15) is 0 Å². The van der Waals surface area contributed by atoms with Crippen LogP contribution in [0.5, 0.6) is 0 Å². The highest BCUT2D eigenvalue weighted by atomic mass is 14.1. The molecule has 0 spiro atoms. The summed E-state index contributed by atoms with van der Waals surface area (Å²) in [6.07, 6.45) is 6.70. The molecule has 0 nitrogen and oxygen atoms in total. The van der Waals surface area contributed by atoms with Gasteiger partial charge in [-0.1, -0.05) is 44.0 Å². The fourth-order valence-corrected chi connectivity index (χ4v) is 2.17. The van der Waals surface area contributed by atoms with Crippen LogP contribution in [0.2, 0.25) is 0 Å². The molecule has 2 aliphatic carbocycles. The van der Waals surface area contributed by atoms with Crippen LogP contribution >= 0.6 is 0 Å². The topological polar surface area (TPSA) is 0 Å². The Labute approximate surface area is 81.0 Å². The smallest absolute Gasteiger partial charge is 0.0253 e. The molecule has 2 aliphatic rings. The molecule has 1 atom stereocenters. The maximum Gasteiger partial charge on any atom is -0.0253 e. The molecule has 0 fully saturated rings. The van der Waals surface area contributed by atoms with E-state index in [0.717, 1.165) is 5.92 Å². The Kier molecular flexibility index (Phi) is 2.68. The molecule has 0 saturated carbocycles. The third-order valence-corrected chi connectivity index (χ3v) is 3.02. The lowest BCUT2D eigenvalue weighted by molar-refractivity contribution is 0.493. The lowest BCUT2D eigenvalue weighted by atomic mass is 9.92. The quantitative estimate of drug-likeness (QED) is 0.564. The SMILES string of the molecule is CC1CCCCc2ccc(cc2)C1. The number of fused-ring (bicyclic) bond motifs is 7. The van der Waals surface area contributed by atoms with Crippen molar-refractivity contribution in [2.24, 2.45) is 5.92 Å². The average Bonchev–Trinajstić information content (AvgIpc) is 2.16. The van der Waals surface area contributed by atoms with E-state index in [1.807, 2.05) is 0 Å². The van der Waals surface area contributed by atoms with Crippen molar-refractivity contribution >= 4 is 0 Å². The molecule has 0 saturated heterocycles. The van der Waals surface area contributed by atoms with E-state index >= 15 is 0 Å². The summed E-state index contributed by atoms with van der Waals surface area (Å²) in [7, 11) is 0. The van der Waals surface area contributed by atoms with E-state index < -0.39 is 0 Å². The second-order valence-electron chi connectivity index (χ2n) is 4.37. The molecule has 1 aromatic rings. The molecular weight excluding hydrogens is 156 g/mol. The number of hydrogen-bond acceptors (Lipinski definition) is 0. The van der Waals surface area contributed by atoms with Crippen molar-refractivity contribution < 1.29 is 0 Å². The minimum absolute atomic E-state index is 0.865. The zero-order valence-electron chi connectivity index (χ0n) is 8.42. The highest BCUT2D eigenvalue weighted by Gasteiger charge is 2.06. The van der Waals surface area contributed by atoms with Crippen molar-refractivity contribution in [3.63, 3.8) is 0 Å². The first kappa shape index (κ1) is 8.80. The third kappa shape index (κ3) is 2.33. The Bertz CT molecular complexity index is 258. The van der Waals surface area contributed by atoms with Crippen LogP contribution in [-0.4, -0.2) is 0 Å². The molecule has 0 N–H and O–H groups in total. The van der Waals surface area contributed by atoms with E-state index in [0.29, 0.717) is 0 Å². The molecule has 0 amide bonds. The van der Waals surface area contributed by atoms with Gasteiger partial charge in [0.25, 0.3) is 0 Å². The summed E-state index contributed by atoms with van der Waals surface area (Å²) >= 11 is 0. The van der Waals surface area contributed by atoms with Gasteiger partial charge in [-0.15, -0.1) is 0 Å². The van der Waals surface area contributed by atoms with Gasteiger partial charge in [0.05, 0.1) is 0 Å². The normalized spacial score (nSPS) is 23.0. The Hall–Kier alpha value is -0.780. The Morgan fingerprint density at radius 2 is 1.69 bits per heavy atom. The molecule has 0 heteroatoms. The highest BCUT2D eigenvalue weighted by Crippen LogP contribution is 2.19. The minimum Gasteiger partial charge on any atom is -0.0622 e. The lowest BCUT2D eigenvalue weighted by Gasteiger charge is -2.14. The summed E-state index contributed by atoms with van der Waals surface area (Å²) in [4.78, 5) is 0. The van der Waals surface area contributed by atoms with E-state index in [9.17, 15) is 0 Å². The molecule has 0 heterocycles. The van der Waals surface area contributed by atoms with Crippen LogP contribution in [0.4, 0.5) is 0 Å². The van der Waals surface area contributed by atoms with E-state index in [-0.39, 0.29) is 0 Å². The van der Waals surface area contributed by atoms with Gasteiger partial charge in [-0.05, 0) is 36.3 Å². The average molecular weight is 174 g/mol. The zero-order chi connectivity index (χ0) is 9.10. The summed E-state index contributed by atoms with van der Waals surface area (Å²) in [5.41, 5.74) is 3.02. The summed E-state index contributed by atoms with van der Waals surface area (Å²) < 4.78 is 0. The first-order chi connectivity index (χ1) is 6.34. The van der Waals surface area contributed by atoms with Gasteiger partial charge < -0.3 is 0 Å². The number of aryl methyl sites for hydroxylation is 1. The number of rotatable bonds is 0. The van der Waals surface area contributed by atoms with Crippen molar-refractivity contribution in [2.75, 3.05) is 0 Å². The lowest BCUT2D eigenvalue weighted by Crippen LogP contribution is -2.02. The van der Waals surface area contributed by atoms with Crippen LogP contribution < -0.4 is 0 Å². The Morgan fingerprint density at radius 1 is 1.00 bits per heavy atom. The molecule has 0 aromatic heterocycles. The molecule has 0 aliphatic heterocycles. The summed E-state index contributed by atoms with van der Waals surface area (Å²) in [6.45, 7) is 2.37. The van der Waals surface area contributed by atoms with Crippen LogP contribution in [0.15, 0.2) is 24.3 Å². The van der Waals surface area contributed by atoms with Crippen molar-refractivity contribution in [2.45, 2.75) is 39.0 Å². The monoisotopic (exact) mass is 174 g/mol. The van der Waals surface area contributed by atoms with Gasteiger partial charge in [-0.25, -0.2) is 0 Å². The van der Waals surface area contributed by atoms with E-state index in [1.165, 1.54) is 43.2 Å². The van der Waals surface area contributed by atoms with Gasteiger partial charge >= 0.3 is 0 Å². The maximum atomic E-state index is 2.37. The molecular formula is C13H18. The van der Waals surface area contributed by atoms with Gasteiger partial charge in [0.2, 0.25) is 0 Å². The van der Waals surface area contributed by atoms with Crippen molar-refractivity contribution in [3.8, 4) is 0 Å².